The number of hydrogen-bond acceptors (Lipinski definition) is 5. The van der Waals surface area contributed by atoms with Crippen molar-refractivity contribution >= 4 is 5.69 Å². The van der Waals surface area contributed by atoms with E-state index >= 15 is 0 Å². The van der Waals surface area contributed by atoms with Crippen molar-refractivity contribution in [2.75, 3.05) is 51.6 Å². The number of hydrogen-bond donors (Lipinski definition) is 1. The van der Waals surface area contributed by atoms with E-state index in [9.17, 15) is 0 Å². The Hall–Kier alpha value is -2.73. The summed E-state index contributed by atoms with van der Waals surface area (Å²) >= 11 is 0. The molecule has 5 nitrogen and oxygen atoms in total. The lowest BCUT2D eigenvalue weighted by atomic mass is 10.0. The van der Waals surface area contributed by atoms with Gasteiger partial charge in [0, 0.05) is 71.1 Å². The van der Waals surface area contributed by atoms with Crippen LogP contribution >= 0.6 is 0 Å². The van der Waals surface area contributed by atoms with E-state index in [1.54, 1.807) is 0 Å². The van der Waals surface area contributed by atoms with Crippen molar-refractivity contribution in [3.63, 3.8) is 0 Å². The molecule has 1 aromatic heterocycles. The minimum absolute atomic E-state index is 0.329. The lowest BCUT2D eigenvalue weighted by Gasteiger charge is -2.37. The highest BCUT2D eigenvalue weighted by Gasteiger charge is 2.24. The van der Waals surface area contributed by atoms with Gasteiger partial charge in [-0.15, -0.1) is 13.2 Å². The minimum Gasteiger partial charge on any atom is -0.388 e. The standard InChI is InChI=1S/C29H41N5.C2H6/c1-6-15-32-17-18-33(16-7-2)23-29(19-25-11-13-26(30-5)14-12-25)34(20-24(3)4)22-28-10-8-9-27(21-32)31-28;1-2/h6-14,29-30H,1-3,15-23H2,4-5H3;1-2H3. The maximum atomic E-state index is 5.03. The van der Waals surface area contributed by atoms with Crippen LogP contribution in [0.1, 0.15) is 37.7 Å². The molecule has 196 valence electrons. The van der Waals surface area contributed by atoms with E-state index in [0.29, 0.717) is 6.04 Å². The molecule has 3 rings (SSSR count). The van der Waals surface area contributed by atoms with Crippen LogP contribution < -0.4 is 5.32 Å². The summed E-state index contributed by atoms with van der Waals surface area (Å²) in [7, 11) is 1.96. The fraction of sp³-hybridized carbons (Fsp3) is 0.452. The summed E-state index contributed by atoms with van der Waals surface area (Å²) in [5, 5.41) is 3.22. The Labute approximate surface area is 220 Å². The molecule has 0 radical (unpaired) electrons. The second kappa shape index (κ2) is 16.1. The van der Waals surface area contributed by atoms with Gasteiger partial charge in [-0.2, -0.15) is 0 Å². The second-order valence-electron chi connectivity index (χ2n) is 9.36. The van der Waals surface area contributed by atoms with Crippen molar-refractivity contribution in [2.45, 2.75) is 46.3 Å². The molecule has 1 unspecified atom stereocenters. The smallest absolute Gasteiger partial charge is 0.0548 e. The molecule has 2 bridgehead atoms. The molecule has 1 atom stereocenters. The van der Waals surface area contributed by atoms with Gasteiger partial charge in [0.05, 0.1) is 11.4 Å². The molecule has 1 aromatic carbocycles. The van der Waals surface area contributed by atoms with Crippen LogP contribution in [0.2, 0.25) is 0 Å². The predicted octanol–water partition coefficient (Wildman–Crippen LogP) is 5.63. The summed E-state index contributed by atoms with van der Waals surface area (Å²) in [5.41, 5.74) is 5.88. The molecule has 0 saturated heterocycles. The molecule has 0 spiro atoms. The molecule has 36 heavy (non-hydrogen) atoms. The van der Waals surface area contributed by atoms with Gasteiger partial charge in [-0.3, -0.25) is 19.7 Å². The summed E-state index contributed by atoms with van der Waals surface area (Å²) < 4.78 is 0. The molecular weight excluding hydrogens is 442 g/mol. The lowest BCUT2D eigenvalue weighted by molar-refractivity contribution is 0.132. The third-order valence-electron chi connectivity index (χ3n) is 6.29. The molecule has 0 saturated carbocycles. The fourth-order valence-corrected chi connectivity index (χ4v) is 4.63. The third-order valence-corrected chi connectivity index (χ3v) is 6.29. The molecule has 1 N–H and O–H groups in total. The van der Waals surface area contributed by atoms with Crippen molar-refractivity contribution in [1.29, 1.82) is 0 Å². The van der Waals surface area contributed by atoms with Gasteiger partial charge in [-0.1, -0.05) is 56.4 Å². The molecule has 2 aromatic rings. The fourth-order valence-electron chi connectivity index (χ4n) is 4.63. The topological polar surface area (TPSA) is 34.6 Å². The zero-order valence-electron chi connectivity index (χ0n) is 23.0. The van der Waals surface area contributed by atoms with Crippen molar-refractivity contribution < 1.29 is 0 Å². The van der Waals surface area contributed by atoms with E-state index in [0.717, 1.165) is 75.9 Å². The monoisotopic (exact) mass is 489 g/mol. The Balaban J connectivity index is 0.00000222. The zero-order chi connectivity index (χ0) is 26.3. The van der Waals surface area contributed by atoms with Crippen LogP contribution in [0.15, 0.2) is 79.9 Å². The molecular formula is C31H47N5. The van der Waals surface area contributed by atoms with Crippen LogP contribution in [0.25, 0.3) is 0 Å². The van der Waals surface area contributed by atoms with Gasteiger partial charge in [0.25, 0.3) is 0 Å². The number of benzene rings is 1. The summed E-state index contributed by atoms with van der Waals surface area (Å²) in [6.45, 7) is 25.5. The number of aromatic nitrogens is 1. The summed E-state index contributed by atoms with van der Waals surface area (Å²) in [6.07, 6.45) is 4.98. The summed E-state index contributed by atoms with van der Waals surface area (Å²) in [4.78, 5) is 12.5. The van der Waals surface area contributed by atoms with E-state index in [-0.39, 0.29) is 0 Å². The lowest BCUT2D eigenvalue weighted by Crippen LogP contribution is -2.47. The second-order valence-corrected chi connectivity index (χ2v) is 9.36. The molecule has 0 amide bonds. The molecule has 1 aliphatic heterocycles. The molecule has 1 aliphatic rings. The van der Waals surface area contributed by atoms with Crippen LogP contribution in [-0.2, 0) is 19.5 Å². The zero-order valence-corrected chi connectivity index (χ0v) is 23.0. The van der Waals surface area contributed by atoms with Crippen molar-refractivity contribution in [3.8, 4) is 0 Å². The number of fused-ring (bicyclic) bond motifs is 2. The summed E-state index contributed by atoms with van der Waals surface area (Å²) in [5.74, 6) is 0. The van der Waals surface area contributed by atoms with E-state index in [1.165, 1.54) is 11.1 Å². The highest BCUT2D eigenvalue weighted by atomic mass is 15.2. The largest absolute Gasteiger partial charge is 0.388 e. The Morgan fingerprint density at radius 3 is 2.19 bits per heavy atom. The van der Waals surface area contributed by atoms with Crippen LogP contribution in [0.4, 0.5) is 5.69 Å². The number of anilines is 1. The van der Waals surface area contributed by atoms with E-state index in [4.69, 9.17) is 4.98 Å². The van der Waals surface area contributed by atoms with Gasteiger partial charge in [-0.05, 0) is 43.2 Å². The highest BCUT2D eigenvalue weighted by molar-refractivity contribution is 5.44. The molecule has 0 fully saturated rings. The van der Waals surface area contributed by atoms with Gasteiger partial charge in [0.1, 0.15) is 0 Å². The van der Waals surface area contributed by atoms with Crippen molar-refractivity contribution in [3.05, 3.63) is 96.9 Å². The Bertz CT molecular complexity index is 936. The van der Waals surface area contributed by atoms with E-state index in [2.05, 4.69) is 89.1 Å². The highest BCUT2D eigenvalue weighted by Crippen LogP contribution is 2.19. The molecule has 2 heterocycles. The quantitative estimate of drug-likeness (QED) is 0.462. The SMILES string of the molecule is C=CCN1CCN(CC=C)CC(Cc2ccc(NC)cc2)N(CC(=C)C)Cc2cccc(n2)C1.CC. The number of pyridine rings is 1. The molecule has 5 heteroatoms. The summed E-state index contributed by atoms with van der Waals surface area (Å²) in [6, 6.07) is 15.6. The van der Waals surface area contributed by atoms with Gasteiger partial charge in [0.2, 0.25) is 0 Å². The van der Waals surface area contributed by atoms with Crippen LogP contribution in [0, 0.1) is 0 Å². The van der Waals surface area contributed by atoms with E-state index < -0.39 is 0 Å². The first-order chi connectivity index (χ1) is 17.5. The minimum atomic E-state index is 0.329. The Morgan fingerprint density at radius 1 is 0.972 bits per heavy atom. The maximum Gasteiger partial charge on any atom is 0.0548 e. The number of nitrogens with one attached hydrogen (secondary N) is 1. The van der Waals surface area contributed by atoms with E-state index in [1.807, 2.05) is 33.0 Å². The third kappa shape index (κ3) is 9.73. The first-order valence-corrected chi connectivity index (χ1v) is 13.3. The first-order valence-electron chi connectivity index (χ1n) is 13.3. The average molecular weight is 490 g/mol. The van der Waals surface area contributed by atoms with Crippen molar-refractivity contribution in [2.24, 2.45) is 0 Å². The Kier molecular flexibility index (Phi) is 13.2. The average Bonchev–Trinajstić information content (AvgIpc) is 2.87. The predicted molar refractivity (Wildman–Crippen MR) is 156 cm³/mol. The van der Waals surface area contributed by atoms with Crippen molar-refractivity contribution in [1.82, 2.24) is 19.7 Å². The Morgan fingerprint density at radius 2 is 1.58 bits per heavy atom. The first kappa shape index (κ1) is 29.5. The normalized spacial score (nSPS) is 17.6. The van der Waals surface area contributed by atoms with Crippen LogP contribution in [0.3, 0.4) is 0 Å². The van der Waals surface area contributed by atoms with Gasteiger partial charge in [-0.25, -0.2) is 0 Å². The number of nitrogens with zero attached hydrogens (tertiary/aromatic N) is 4. The van der Waals surface area contributed by atoms with Gasteiger partial charge >= 0.3 is 0 Å². The molecule has 0 aliphatic carbocycles. The van der Waals surface area contributed by atoms with Crippen LogP contribution in [-0.4, -0.2) is 72.0 Å². The van der Waals surface area contributed by atoms with Gasteiger partial charge < -0.3 is 5.32 Å². The van der Waals surface area contributed by atoms with Gasteiger partial charge in [0.15, 0.2) is 0 Å². The number of rotatable bonds is 9. The maximum absolute atomic E-state index is 5.03. The van der Waals surface area contributed by atoms with Crippen LogP contribution in [0.5, 0.6) is 0 Å².